The van der Waals surface area contributed by atoms with Crippen molar-refractivity contribution in [1.29, 1.82) is 0 Å². The van der Waals surface area contributed by atoms with Crippen molar-refractivity contribution < 1.29 is 14.3 Å². The van der Waals surface area contributed by atoms with Crippen molar-refractivity contribution in [3.05, 3.63) is 0 Å². The molecule has 1 amide bonds. The molecule has 6 nitrogen and oxygen atoms in total. The van der Waals surface area contributed by atoms with E-state index < -0.39 is 17.9 Å². The van der Waals surface area contributed by atoms with Crippen LogP contribution in [0, 0.1) is 5.92 Å². The Bertz CT molecular complexity index is 280. The van der Waals surface area contributed by atoms with E-state index in [4.69, 9.17) is 10.5 Å². The summed E-state index contributed by atoms with van der Waals surface area (Å²) in [6.45, 7) is 6.59. The molecule has 0 saturated heterocycles. The molecule has 6 heteroatoms. The molecular weight excluding hydrogens is 234 g/mol. The predicted molar refractivity (Wildman–Crippen MR) is 69.9 cm³/mol. The lowest BCUT2D eigenvalue weighted by molar-refractivity contribution is -0.148. The van der Waals surface area contributed by atoms with E-state index in [0.717, 1.165) is 0 Å². The van der Waals surface area contributed by atoms with Crippen LogP contribution >= 0.6 is 0 Å². The third kappa shape index (κ3) is 5.97. The van der Waals surface area contributed by atoms with Gasteiger partial charge in [0.15, 0.2) is 6.04 Å². The number of carbonyl (C=O) groups is 2. The molecule has 0 bridgehead atoms. The highest BCUT2D eigenvalue weighted by Crippen LogP contribution is 2.03. The highest BCUT2D eigenvalue weighted by molar-refractivity contribution is 6.01. The van der Waals surface area contributed by atoms with Crippen LogP contribution in [0.4, 0.5) is 0 Å². The van der Waals surface area contributed by atoms with Gasteiger partial charge >= 0.3 is 5.97 Å². The third-order valence-corrected chi connectivity index (χ3v) is 2.52. The van der Waals surface area contributed by atoms with Crippen LogP contribution in [0.15, 0.2) is 0 Å². The number of hydrogen-bond donors (Lipinski definition) is 2. The number of likely N-dealkylation sites (N-methyl/N-ethyl adjacent to an activating group) is 1. The maximum absolute atomic E-state index is 11.8. The molecule has 0 rings (SSSR count). The Balaban J connectivity index is 4.45. The van der Waals surface area contributed by atoms with Crippen molar-refractivity contribution >= 4 is 11.9 Å². The Morgan fingerprint density at radius 3 is 2.28 bits per heavy atom. The fraction of sp³-hybridized carbons (Fsp3) is 0.833. The summed E-state index contributed by atoms with van der Waals surface area (Å²) < 4.78 is 4.71. The Morgan fingerprint density at radius 2 is 1.89 bits per heavy atom. The molecule has 0 radical (unpaired) electrons. The lowest BCUT2D eigenvalue weighted by Crippen LogP contribution is -2.53. The molecule has 0 aromatic rings. The van der Waals surface area contributed by atoms with E-state index in [2.05, 4.69) is 5.32 Å². The number of nitrogens with one attached hydrogen (secondary N) is 1. The Hall–Kier alpha value is -1.14. The second-order valence-electron chi connectivity index (χ2n) is 4.85. The highest BCUT2D eigenvalue weighted by atomic mass is 16.5. The first-order valence-corrected chi connectivity index (χ1v) is 6.16. The lowest BCUT2D eigenvalue weighted by Gasteiger charge is -2.26. The normalized spacial score (nSPS) is 14.4. The summed E-state index contributed by atoms with van der Waals surface area (Å²) in [5, 5.41) is 2.78. The zero-order valence-corrected chi connectivity index (χ0v) is 11.9. The first-order valence-electron chi connectivity index (χ1n) is 6.16. The van der Waals surface area contributed by atoms with Crippen LogP contribution in [0.1, 0.15) is 20.8 Å². The van der Waals surface area contributed by atoms with Crippen molar-refractivity contribution in [1.82, 2.24) is 10.2 Å². The van der Waals surface area contributed by atoms with Crippen LogP contribution in [0.25, 0.3) is 0 Å². The maximum atomic E-state index is 11.8. The molecule has 0 heterocycles. The minimum absolute atomic E-state index is 0.0482. The largest absolute Gasteiger partial charge is 0.464 e. The average Bonchev–Trinajstić information content (AvgIpc) is 2.26. The summed E-state index contributed by atoms with van der Waals surface area (Å²) in [6, 6.07) is -1.30. The summed E-state index contributed by atoms with van der Waals surface area (Å²) >= 11 is 0. The molecular formula is C12H25N3O3. The Morgan fingerprint density at radius 1 is 1.33 bits per heavy atom. The number of amides is 1. The summed E-state index contributed by atoms with van der Waals surface area (Å²) in [5.41, 5.74) is 5.53. The van der Waals surface area contributed by atoms with Gasteiger partial charge in [-0.3, -0.25) is 4.79 Å². The van der Waals surface area contributed by atoms with Gasteiger partial charge in [0, 0.05) is 12.6 Å². The van der Waals surface area contributed by atoms with Gasteiger partial charge in [0.05, 0.1) is 6.61 Å². The van der Waals surface area contributed by atoms with Gasteiger partial charge in [-0.1, -0.05) is 13.8 Å². The zero-order valence-electron chi connectivity index (χ0n) is 11.9. The Kier molecular flexibility index (Phi) is 7.54. The van der Waals surface area contributed by atoms with E-state index in [9.17, 15) is 9.59 Å². The van der Waals surface area contributed by atoms with Gasteiger partial charge in [-0.25, -0.2) is 4.79 Å². The molecule has 0 saturated carbocycles. The van der Waals surface area contributed by atoms with E-state index in [0.29, 0.717) is 6.54 Å². The molecule has 2 unspecified atom stereocenters. The molecule has 18 heavy (non-hydrogen) atoms. The molecule has 0 aliphatic heterocycles. The number of carbonyl (C=O) groups excluding carboxylic acids is 2. The minimum Gasteiger partial charge on any atom is -0.464 e. The molecule has 3 N–H and O–H groups in total. The van der Waals surface area contributed by atoms with Gasteiger partial charge in [-0.15, -0.1) is 0 Å². The average molecular weight is 259 g/mol. The lowest BCUT2D eigenvalue weighted by atomic mass is 10.0. The van der Waals surface area contributed by atoms with E-state index in [1.54, 1.807) is 6.92 Å². The van der Waals surface area contributed by atoms with Crippen molar-refractivity contribution in [2.45, 2.75) is 32.9 Å². The Labute approximate surface area is 109 Å². The fourth-order valence-electron chi connectivity index (χ4n) is 1.43. The molecule has 0 aromatic carbocycles. The first-order chi connectivity index (χ1) is 8.29. The zero-order chi connectivity index (χ0) is 14.3. The van der Waals surface area contributed by atoms with E-state index in [1.165, 1.54) is 0 Å². The number of nitrogens with zero attached hydrogens (tertiary/aromatic N) is 1. The third-order valence-electron chi connectivity index (χ3n) is 2.52. The van der Waals surface area contributed by atoms with Crippen LogP contribution in [0.3, 0.4) is 0 Å². The summed E-state index contributed by atoms with van der Waals surface area (Å²) in [4.78, 5) is 25.1. The van der Waals surface area contributed by atoms with Crippen LogP contribution < -0.4 is 11.1 Å². The molecule has 0 aliphatic rings. The van der Waals surface area contributed by atoms with Crippen LogP contribution in [-0.4, -0.2) is 56.1 Å². The highest BCUT2D eigenvalue weighted by Gasteiger charge is 2.26. The van der Waals surface area contributed by atoms with Gasteiger partial charge in [-0.2, -0.15) is 0 Å². The standard InChI is InChI=1S/C12H25N3O3/c1-6-18-12(17)10(13)11(16)14-9(8(2)3)7-15(4)5/h8-10H,6-7,13H2,1-5H3,(H,14,16). The van der Waals surface area contributed by atoms with Crippen LogP contribution in [0.5, 0.6) is 0 Å². The topological polar surface area (TPSA) is 84.7 Å². The predicted octanol–water partition coefficient (Wildman–Crippen LogP) is -0.421. The van der Waals surface area contributed by atoms with Crippen LogP contribution in [0.2, 0.25) is 0 Å². The van der Waals surface area contributed by atoms with Gasteiger partial charge in [-0.05, 0) is 26.9 Å². The first kappa shape index (κ1) is 16.9. The molecule has 0 aliphatic carbocycles. The quantitative estimate of drug-likeness (QED) is 0.479. The molecule has 2 atom stereocenters. The fourth-order valence-corrected chi connectivity index (χ4v) is 1.43. The maximum Gasteiger partial charge on any atom is 0.332 e. The second-order valence-corrected chi connectivity index (χ2v) is 4.85. The van der Waals surface area contributed by atoms with Crippen molar-refractivity contribution in [3.8, 4) is 0 Å². The van der Waals surface area contributed by atoms with Gasteiger partial charge < -0.3 is 20.7 Å². The van der Waals surface area contributed by atoms with Gasteiger partial charge in [0.25, 0.3) is 0 Å². The molecule has 0 spiro atoms. The summed E-state index contributed by atoms with van der Waals surface area (Å²) in [6.07, 6.45) is 0. The van der Waals surface area contributed by atoms with Crippen molar-refractivity contribution in [3.63, 3.8) is 0 Å². The SMILES string of the molecule is CCOC(=O)C(N)C(=O)NC(CN(C)C)C(C)C. The molecule has 0 fully saturated rings. The number of hydrogen-bond acceptors (Lipinski definition) is 5. The van der Waals surface area contributed by atoms with Gasteiger partial charge in [0.2, 0.25) is 5.91 Å². The van der Waals surface area contributed by atoms with Crippen molar-refractivity contribution in [2.24, 2.45) is 11.7 Å². The molecule has 0 aromatic heterocycles. The smallest absolute Gasteiger partial charge is 0.332 e. The van der Waals surface area contributed by atoms with Crippen LogP contribution in [-0.2, 0) is 14.3 Å². The summed E-state index contributed by atoms with van der Waals surface area (Å²) in [7, 11) is 3.85. The number of rotatable bonds is 7. The minimum atomic E-state index is -1.26. The monoisotopic (exact) mass is 259 g/mol. The molecule has 106 valence electrons. The number of esters is 1. The van der Waals surface area contributed by atoms with Crippen molar-refractivity contribution in [2.75, 3.05) is 27.2 Å². The van der Waals surface area contributed by atoms with E-state index in [1.807, 2.05) is 32.8 Å². The second kappa shape index (κ2) is 8.05. The number of nitrogens with two attached hydrogens (primary N) is 1. The van der Waals surface area contributed by atoms with E-state index in [-0.39, 0.29) is 18.6 Å². The summed E-state index contributed by atoms with van der Waals surface area (Å²) in [5.74, 6) is -0.929. The van der Waals surface area contributed by atoms with Gasteiger partial charge in [0.1, 0.15) is 0 Å². The van der Waals surface area contributed by atoms with E-state index >= 15 is 0 Å². The number of ether oxygens (including phenoxy) is 1.